The molecule has 4 aliphatic rings. The number of nitrogens with zero attached hydrogens (tertiary/aromatic N) is 4. The molecule has 1 aromatic heterocycles. The van der Waals surface area contributed by atoms with Crippen LogP contribution in [-0.2, 0) is 22.1 Å². The number of alkyl halides is 3. The van der Waals surface area contributed by atoms with Crippen LogP contribution in [0.4, 0.5) is 18.0 Å². The van der Waals surface area contributed by atoms with Crippen molar-refractivity contribution in [2.45, 2.75) is 44.0 Å². The van der Waals surface area contributed by atoms with Gasteiger partial charge in [0.1, 0.15) is 12.7 Å². The molecule has 3 saturated heterocycles. The molecule has 4 fully saturated rings. The molecule has 1 spiro atoms. The first-order chi connectivity index (χ1) is 15.7. The van der Waals surface area contributed by atoms with Gasteiger partial charge in [0.25, 0.3) is 0 Å². The highest BCUT2D eigenvalue weighted by molar-refractivity contribution is 5.79. The van der Waals surface area contributed by atoms with Crippen molar-refractivity contribution in [3.05, 3.63) is 29.1 Å². The van der Waals surface area contributed by atoms with E-state index in [1.807, 2.05) is 4.90 Å². The van der Waals surface area contributed by atoms with Crippen LogP contribution in [0.25, 0.3) is 0 Å². The van der Waals surface area contributed by atoms with Crippen LogP contribution in [0.1, 0.15) is 36.1 Å². The Bertz CT molecular complexity index is 1010. The Morgan fingerprint density at radius 3 is 2.79 bits per heavy atom. The van der Waals surface area contributed by atoms with Crippen LogP contribution >= 0.6 is 0 Å². The first kappa shape index (κ1) is 21.9. The van der Waals surface area contributed by atoms with Crippen molar-refractivity contribution >= 4 is 11.9 Å². The Balaban J connectivity index is 1.12. The lowest BCUT2D eigenvalue weighted by Gasteiger charge is -2.60. The zero-order chi connectivity index (χ0) is 23.4. The number of nitriles is 1. The average molecular weight is 463 g/mol. The monoisotopic (exact) mass is 463 g/mol. The molecule has 5 rings (SSSR count). The molecule has 0 aromatic carbocycles. The fraction of sp³-hybridized carbons (Fsp3) is 0.636. The predicted octanol–water partition coefficient (Wildman–Crippen LogP) is 1.94. The number of morpholine rings is 1. The Kier molecular flexibility index (Phi) is 5.23. The minimum atomic E-state index is -4.61. The third-order valence-corrected chi connectivity index (χ3v) is 7.24. The van der Waals surface area contributed by atoms with Crippen LogP contribution < -0.4 is 5.32 Å². The minimum Gasteiger partial charge on any atom is -0.366 e. The number of aromatic nitrogens is 1. The summed E-state index contributed by atoms with van der Waals surface area (Å²) in [6, 6.07) is 2.33. The Morgan fingerprint density at radius 1 is 1.33 bits per heavy atom. The lowest BCUT2D eigenvalue weighted by Crippen LogP contribution is -2.68. The molecule has 2 atom stereocenters. The summed E-state index contributed by atoms with van der Waals surface area (Å²) in [6.07, 6.45) is -0.420. The summed E-state index contributed by atoms with van der Waals surface area (Å²) in [5.41, 5.74) is -1.06. The number of urea groups is 1. The maximum Gasteiger partial charge on any atom is 0.419 e. The third kappa shape index (κ3) is 4.12. The lowest BCUT2D eigenvalue weighted by molar-refractivity contribution is -0.140. The van der Waals surface area contributed by atoms with E-state index in [0.717, 1.165) is 18.9 Å². The largest absolute Gasteiger partial charge is 0.419 e. The first-order valence-corrected chi connectivity index (χ1v) is 11.1. The molecule has 3 amide bonds. The number of halogens is 3. The Morgan fingerprint density at radius 2 is 2.09 bits per heavy atom. The lowest BCUT2D eigenvalue weighted by atomic mass is 9.56. The molecule has 4 heterocycles. The smallest absolute Gasteiger partial charge is 0.366 e. The van der Waals surface area contributed by atoms with Gasteiger partial charge in [-0.25, -0.2) is 9.78 Å². The number of fused-ring (bicyclic) bond motifs is 1. The van der Waals surface area contributed by atoms with Gasteiger partial charge in [0.15, 0.2) is 5.69 Å². The zero-order valence-corrected chi connectivity index (χ0v) is 17.9. The standard InChI is InChI=1S/C22H24F3N5O3/c23-22(24,25)15-4-13(8-27-16(15)7-26)3-14-5-21(6-14)11-30(12-21)20(32)29-2-1-18-17(9-29)28-19(31)10-33-18/h4,8,14,17-18H,1-3,5-6,9-12H2,(H,28,31)/t17-,18+/m1/s1. The molecule has 11 heteroatoms. The molecule has 1 aliphatic carbocycles. The zero-order valence-electron chi connectivity index (χ0n) is 17.9. The van der Waals surface area contributed by atoms with E-state index in [0.29, 0.717) is 44.6 Å². The van der Waals surface area contributed by atoms with Crippen LogP contribution in [0.15, 0.2) is 12.3 Å². The van der Waals surface area contributed by atoms with E-state index in [9.17, 15) is 22.8 Å². The van der Waals surface area contributed by atoms with E-state index in [1.165, 1.54) is 12.3 Å². The number of ether oxygens (including phenoxy) is 1. The summed E-state index contributed by atoms with van der Waals surface area (Å²) in [4.78, 5) is 31.7. The van der Waals surface area contributed by atoms with Gasteiger partial charge in [-0.05, 0) is 43.2 Å². The van der Waals surface area contributed by atoms with Crippen LogP contribution in [0.3, 0.4) is 0 Å². The van der Waals surface area contributed by atoms with Gasteiger partial charge >= 0.3 is 12.2 Å². The molecule has 1 aromatic rings. The maximum absolute atomic E-state index is 13.2. The molecule has 33 heavy (non-hydrogen) atoms. The van der Waals surface area contributed by atoms with Crippen LogP contribution in [0, 0.1) is 22.7 Å². The minimum absolute atomic E-state index is 0.0338. The number of likely N-dealkylation sites (tertiary alicyclic amines) is 2. The SMILES string of the molecule is N#Cc1ncc(CC2CC3(C2)CN(C(=O)N2CC[C@@H]4OCC(=O)N[C@@H]4C2)C3)cc1C(F)(F)F. The van der Waals surface area contributed by atoms with Crippen LogP contribution in [0.5, 0.6) is 0 Å². The van der Waals surface area contributed by atoms with Crippen molar-refractivity contribution in [3.63, 3.8) is 0 Å². The third-order valence-electron chi connectivity index (χ3n) is 7.24. The molecule has 3 aliphatic heterocycles. The number of piperidine rings is 1. The van der Waals surface area contributed by atoms with Gasteiger partial charge in [0.05, 0.1) is 17.7 Å². The summed E-state index contributed by atoms with van der Waals surface area (Å²) < 4.78 is 45.0. The second-order valence-electron chi connectivity index (χ2n) is 9.72. The van der Waals surface area contributed by atoms with Gasteiger partial charge in [-0.1, -0.05) is 0 Å². The summed E-state index contributed by atoms with van der Waals surface area (Å²) in [5, 5.41) is 11.8. The Labute approximate surface area is 188 Å². The summed E-state index contributed by atoms with van der Waals surface area (Å²) in [5.74, 6) is 0.0807. The Hall–Kier alpha value is -2.87. The number of hydrogen-bond donors (Lipinski definition) is 1. The van der Waals surface area contributed by atoms with Gasteiger partial charge in [-0.3, -0.25) is 4.79 Å². The van der Waals surface area contributed by atoms with Crippen molar-refractivity contribution < 1.29 is 27.5 Å². The van der Waals surface area contributed by atoms with Gasteiger partial charge in [0, 0.05) is 37.8 Å². The second kappa shape index (κ2) is 7.87. The highest BCUT2D eigenvalue weighted by Gasteiger charge is 2.54. The molecule has 0 unspecified atom stereocenters. The summed E-state index contributed by atoms with van der Waals surface area (Å²) in [6.45, 7) is 2.40. The molecule has 0 bridgehead atoms. The molecular formula is C22H24F3N5O3. The van der Waals surface area contributed by atoms with Crippen LogP contribution in [-0.4, -0.2) is 71.7 Å². The fourth-order valence-electron chi connectivity index (χ4n) is 5.80. The highest BCUT2D eigenvalue weighted by Crippen LogP contribution is 2.53. The molecule has 1 saturated carbocycles. The summed E-state index contributed by atoms with van der Waals surface area (Å²) in [7, 11) is 0. The van der Waals surface area contributed by atoms with E-state index in [1.54, 1.807) is 4.90 Å². The van der Waals surface area contributed by atoms with Gasteiger partial charge in [-0.2, -0.15) is 18.4 Å². The number of carbonyl (C=O) groups is 2. The van der Waals surface area contributed by atoms with Gasteiger partial charge in [0.2, 0.25) is 5.91 Å². The number of rotatable bonds is 2. The number of carbonyl (C=O) groups excluding carboxylic acids is 2. The number of pyridine rings is 1. The second-order valence-corrected chi connectivity index (χ2v) is 9.72. The van der Waals surface area contributed by atoms with Crippen molar-refractivity contribution in [3.8, 4) is 6.07 Å². The highest BCUT2D eigenvalue weighted by atomic mass is 19.4. The molecular weight excluding hydrogens is 439 g/mol. The molecule has 1 N–H and O–H groups in total. The number of nitrogens with one attached hydrogen (secondary N) is 1. The van der Waals surface area contributed by atoms with Crippen molar-refractivity contribution in [2.75, 3.05) is 32.8 Å². The first-order valence-electron chi connectivity index (χ1n) is 11.1. The molecule has 0 radical (unpaired) electrons. The average Bonchev–Trinajstić information content (AvgIpc) is 2.72. The van der Waals surface area contributed by atoms with E-state index in [-0.39, 0.29) is 42.0 Å². The van der Waals surface area contributed by atoms with E-state index in [4.69, 9.17) is 10.00 Å². The number of hydrogen-bond acceptors (Lipinski definition) is 5. The van der Waals surface area contributed by atoms with E-state index in [2.05, 4.69) is 10.3 Å². The van der Waals surface area contributed by atoms with Crippen molar-refractivity contribution in [1.82, 2.24) is 20.1 Å². The van der Waals surface area contributed by atoms with Gasteiger partial charge in [-0.15, -0.1) is 0 Å². The topological polar surface area (TPSA) is 98.6 Å². The van der Waals surface area contributed by atoms with Crippen molar-refractivity contribution in [2.24, 2.45) is 11.3 Å². The normalized spacial score (nSPS) is 26.7. The predicted molar refractivity (Wildman–Crippen MR) is 108 cm³/mol. The summed E-state index contributed by atoms with van der Waals surface area (Å²) >= 11 is 0. The maximum atomic E-state index is 13.2. The molecule has 8 nitrogen and oxygen atoms in total. The molecule has 176 valence electrons. The fourth-order valence-corrected chi connectivity index (χ4v) is 5.80. The van der Waals surface area contributed by atoms with E-state index < -0.39 is 17.4 Å². The van der Waals surface area contributed by atoms with E-state index >= 15 is 0 Å². The van der Waals surface area contributed by atoms with Gasteiger partial charge < -0.3 is 19.9 Å². The quantitative estimate of drug-likeness (QED) is 0.723. The van der Waals surface area contributed by atoms with Crippen molar-refractivity contribution in [1.29, 1.82) is 5.26 Å². The number of amides is 3. The van der Waals surface area contributed by atoms with Crippen LogP contribution in [0.2, 0.25) is 0 Å².